The third-order valence-electron chi connectivity index (χ3n) is 6.54. The van der Waals surface area contributed by atoms with Crippen molar-refractivity contribution in [3.05, 3.63) is 23.0 Å². The maximum Gasteiger partial charge on any atom is 0.228 e. The van der Waals surface area contributed by atoms with Gasteiger partial charge in [-0.2, -0.15) is 10.1 Å². The molecular formula is C21H28N6O. The van der Waals surface area contributed by atoms with Gasteiger partial charge in [0.1, 0.15) is 5.82 Å². The van der Waals surface area contributed by atoms with Crippen LogP contribution in [0.3, 0.4) is 0 Å². The third kappa shape index (κ3) is 3.16. The fourth-order valence-electron chi connectivity index (χ4n) is 5.05. The van der Waals surface area contributed by atoms with Gasteiger partial charge in [0.15, 0.2) is 11.6 Å². The topological polar surface area (TPSA) is 86.8 Å². The zero-order valence-electron chi connectivity index (χ0n) is 16.5. The number of aryl methyl sites for hydroxylation is 1. The average molecular weight is 380 g/mol. The predicted molar refractivity (Wildman–Crippen MR) is 108 cm³/mol. The van der Waals surface area contributed by atoms with Crippen molar-refractivity contribution in [2.75, 3.05) is 16.8 Å². The molecule has 2 aromatic rings. The Balaban J connectivity index is 1.44. The van der Waals surface area contributed by atoms with Gasteiger partial charge in [-0.15, -0.1) is 0 Å². The zero-order valence-corrected chi connectivity index (χ0v) is 16.5. The highest BCUT2D eigenvalue weighted by Crippen LogP contribution is 2.35. The van der Waals surface area contributed by atoms with E-state index in [4.69, 9.17) is 9.97 Å². The molecule has 3 aliphatic rings. The number of H-pyrrole nitrogens is 1. The molecule has 1 saturated carbocycles. The first-order chi connectivity index (χ1) is 13.7. The largest absolute Gasteiger partial charge is 0.331 e. The fraction of sp³-hybridized carbons (Fsp3) is 0.619. The first kappa shape index (κ1) is 17.6. The van der Waals surface area contributed by atoms with Crippen LogP contribution in [0.15, 0.2) is 6.07 Å². The maximum absolute atomic E-state index is 12.0. The number of ketones is 1. The van der Waals surface area contributed by atoms with Crippen molar-refractivity contribution in [3.63, 3.8) is 0 Å². The van der Waals surface area contributed by atoms with E-state index in [9.17, 15) is 4.79 Å². The molecule has 1 aliphatic heterocycles. The van der Waals surface area contributed by atoms with Gasteiger partial charge in [-0.25, -0.2) is 4.98 Å². The van der Waals surface area contributed by atoms with Crippen LogP contribution in [0.25, 0.3) is 0 Å². The highest BCUT2D eigenvalue weighted by atomic mass is 16.1. The lowest BCUT2D eigenvalue weighted by Crippen LogP contribution is -2.36. The van der Waals surface area contributed by atoms with Crippen molar-refractivity contribution in [1.82, 2.24) is 20.2 Å². The quantitative estimate of drug-likeness (QED) is 0.823. The Labute approximate surface area is 165 Å². The highest BCUT2D eigenvalue weighted by molar-refractivity contribution is 5.85. The van der Waals surface area contributed by atoms with E-state index in [2.05, 4.69) is 26.5 Å². The molecule has 0 radical (unpaired) electrons. The van der Waals surface area contributed by atoms with E-state index < -0.39 is 0 Å². The van der Waals surface area contributed by atoms with E-state index in [-0.39, 0.29) is 11.8 Å². The molecule has 0 bridgehead atoms. The number of Topliss-reactive ketones (excluding diaryl/α,β-unsaturated/α-hetero) is 1. The molecule has 3 heterocycles. The van der Waals surface area contributed by atoms with E-state index in [1.165, 1.54) is 36.9 Å². The summed E-state index contributed by atoms with van der Waals surface area (Å²) < 4.78 is 0. The second-order valence-electron chi connectivity index (χ2n) is 8.43. The number of nitrogens with zero attached hydrogens (tertiary/aromatic N) is 4. The second kappa shape index (κ2) is 7.18. The summed E-state index contributed by atoms with van der Waals surface area (Å²) >= 11 is 0. The molecule has 5 rings (SSSR count). The van der Waals surface area contributed by atoms with Crippen molar-refractivity contribution in [1.29, 1.82) is 0 Å². The standard InChI is InChI=1S/C21H28N6O/c1-13(28)18-10-5-11-27(18)21-22-16-9-4-8-15(16)20(24-21)23-19-12-17(25-26-19)14-6-2-3-7-14/h12,14,18H,2-11H2,1H3,(H2,22,23,24,25,26). The van der Waals surface area contributed by atoms with Crippen LogP contribution in [0.5, 0.6) is 0 Å². The molecule has 1 unspecified atom stereocenters. The summed E-state index contributed by atoms with van der Waals surface area (Å²) in [5, 5.41) is 11.2. The van der Waals surface area contributed by atoms with Gasteiger partial charge >= 0.3 is 0 Å². The van der Waals surface area contributed by atoms with Gasteiger partial charge in [-0.1, -0.05) is 12.8 Å². The summed E-state index contributed by atoms with van der Waals surface area (Å²) in [6.07, 6.45) is 10.1. The number of fused-ring (bicyclic) bond motifs is 1. The van der Waals surface area contributed by atoms with E-state index in [1.807, 2.05) is 0 Å². The number of aromatic nitrogens is 4. The molecule has 1 atom stereocenters. The molecule has 0 spiro atoms. The average Bonchev–Trinajstić information content (AvgIpc) is 3.47. The van der Waals surface area contributed by atoms with Gasteiger partial charge in [-0.05, 0) is 51.9 Å². The van der Waals surface area contributed by atoms with Gasteiger partial charge in [-0.3, -0.25) is 9.89 Å². The van der Waals surface area contributed by atoms with Crippen molar-refractivity contribution in [2.24, 2.45) is 0 Å². The predicted octanol–water partition coefficient (Wildman–Crippen LogP) is 3.65. The van der Waals surface area contributed by atoms with Crippen LogP contribution in [-0.2, 0) is 17.6 Å². The monoisotopic (exact) mass is 380 g/mol. The van der Waals surface area contributed by atoms with E-state index in [1.54, 1.807) is 6.92 Å². The summed E-state index contributed by atoms with van der Waals surface area (Å²) in [7, 11) is 0. The number of rotatable bonds is 5. The summed E-state index contributed by atoms with van der Waals surface area (Å²) in [6.45, 7) is 2.51. The SMILES string of the molecule is CC(=O)C1CCCN1c1nc2c(c(Nc3cc(C4CCCC4)[nH]n3)n1)CCC2. The number of aromatic amines is 1. The van der Waals surface area contributed by atoms with Crippen LogP contribution < -0.4 is 10.2 Å². The number of hydrogen-bond donors (Lipinski definition) is 2. The number of anilines is 3. The Bertz CT molecular complexity index is 885. The molecule has 148 valence electrons. The molecule has 28 heavy (non-hydrogen) atoms. The van der Waals surface area contributed by atoms with Crippen LogP contribution >= 0.6 is 0 Å². The normalized spacial score (nSPS) is 22.0. The van der Waals surface area contributed by atoms with Gasteiger partial charge < -0.3 is 10.2 Å². The fourth-order valence-corrected chi connectivity index (χ4v) is 5.05. The van der Waals surface area contributed by atoms with E-state index >= 15 is 0 Å². The van der Waals surface area contributed by atoms with Crippen LogP contribution in [0.4, 0.5) is 17.6 Å². The Morgan fingerprint density at radius 1 is 1.14 bits per heavy atom. The third-order valence-corrected chi connectivity index (χ3v) is 6.54. The van der Waals surface area contributed by atoms with Crippen LogP contribution in [-0.4, -0.2) is 38.5 Å². The molecule has 0 aromatic carbocycles. The van der Waals surface area contributed by atoms with Crippen LogP contribution in [0.1, 0.15) is 74.7 Å². The lowest BCUT2D eigenvalue weighted by Gasteiger charge is -2.24. The molecular weight excluding hydrogens is 352 g/mol. The molecule has 0 amide bonds. The van der Waals surface area contributed by atoms with Crippen molar-refractivity contribution < 1.29 is 4.79 Å². The van der Waals surface area contributed by atoms with Crippen molar-refractivity contribution in [2.45, 2.75) is 76.7 Å². The number of hydrogen-bond acceptors (Lipinski definition) is 6. The minimum Gasteiger partial charge on any atom is -0.331 e. The number of nitrogens with one attached hydrogen (secondary N) is 2. The van der Waals surface area contributed by atoms with E-state index in [0.29, 0.717) is 11.9 Å². The summed E-state index contributed by atoms with van der Waals surface area (Å²) in [4.78, 5) is 23.8. The zero-order chi connectivity index (χ0) is 19.1. The van der Waals surface area contributed by atoms with Crippen LogP contribution in [0, 0.1) is 0 Å². The molecule has 1 saturated heterocycles. The summed E-state index contributed by atoms with van der Waals surface area (Å²) in [5.41, 5.74) is 3.54. The molecule has 7 nitrogen and oxygen atoms in total. The Morgan fingerprint density at radius 3 is 2.82 bits per heavy atom. The lowest BCUT2D eigenvalue weighted by molar-refractivity contribution is -0.118. The van der Waals surface area contributed by atoms with Crippen molar-refractivity contribution >= 4 is 23.4 Å². The van der Waals surface area contributed by atoms with E-state index in [0.717, 1.165) is 56.0 Å². The molecule has 7 heteroatoms. The Kier molecular flexibility index (Phi) is 4.53. The second-order valence-corrected chi connectivity index (χ2v) is 8.43. The first-order valence-corrected chi connectivity index (χ1v) is 10.7. The maximum atomic E-state index is 12.0. The first-order valence-electron chi connectivity index (χ1n) is 10.7. The van der Waals surface area contributed by atoms with Gasteiger partial charge in [0.2, 0.25) is 5.95 Å². The smallest absolute Gasteiger partial charge is 0.228 e. The molecule has 2 N–H and O–H groups in total. The highest BCUT2D eigenvalue weighted by Gasteiger charge is 2.32. The van der Waals surface area contributed by atoms with Crippen LogP contribution in [0.2, 0.25) is 0 Å². The molecule has 2 aliphatic carbocycles. The number of carbonyl (C=O) groups excluding carboxylic acids is 1. The van der Waals surface area contributed by atoms with Gasteiger partial charge in [0.05, 0.1) is 11.7 Å². The Morgan fingerprint density at radius 2 is 2.00 bits per heavy atom. The Hall–Kier alpha value is -2.44. The van der Waals surface area contributed by atoms with Gasteiger partial charge in [0.25, 0.3) is 0 Å². The summed E-state index contributed by atoms with van der Waals surface area (Å²) in [6, 6.07) is 2.04. The molecule has 2 aromatic heterocycles. The minimum atomic E-state index is -0.0911. The van der Waals surface area contributed by atoms with Crippen molar-refractivity contribution in [3.8, 4) is 0 Å². The summed E-state index contributed by atoms with van der Waals surface area (Å²) in [5.74, 6) is 3.18. The lowest BCUT2D eigenvalue weighted by atomic mass is 10.0. The minimum absolute atomic E-state index is 0.0911. The van der Waals surface area contributed by atoms with Gasteiger partial charge in [0, 0.05) is 29.8 Å². The molecule has 2 fully saturated rings. The number of carbonyl (C=O) groups is 1.